The highest BCUT2D eigenvalue weighted by Crippen LogP contribution is 2.34. The van der Waals surface area contributed by atoms with Crippen LogP contribution in [-0.4, -0.2) is 44.0 Å². The number of hydrogen-bond donors (Lipinski definition) is 2. The minimum Gasteiger partial charge on any atom is -0.398 e. The first-order valence-corrected chi connectivity index (χ1v) is 6.31. The van der Waals surface area contributed by atoms with E-state index in [-0.39, 0.29) is 5.91 Å². The molecule has 0 spiro atoms. The van der Waals surface area contributed by atoms with Gasteiger partial charge in [0.1, 0.15) is 0 Å². The van der Waals surface area contributed by atoms with E-state index in [4.69, 9.17) is 5.73 Å². The monoisotopic (exact) mass is 246 g/mol. The number of nitrogens with zero attached hydrogens (tertiary/aromatic N) is 2. The zero-order valence-electron chi connectivity index (χ0n) is 10.6. The molecule has 0 aromatic heterocycles. The second kappa shape index (κ2) is 4.17. The quantitative estimate of drug-likeness (QED) is 0.698. The number of hydrogen-bond acceptors (Lipinski definition) is 4. The van der Waals surface area contributed by atoms with Crippen LogP contribution < -0.4 is 16.0 Å². The van der Waals surface area contributed by atoms with Gasteiger partial charge in [0.05, 0.1) is 5.56 Å². The minimum absolute atomic E-state index is 0.0412. The van der Waals surface area contributed by atoms with Crippen molar-refractivity contribution in [2.75, 3.05) is 43.9 Å². The van der Waals surface area contributed by atoms with Crippen molar-refractivity contribution in [2.45, 2.75) is 6.54 Å². The predicted molar refractivity (Wildman–Crippen MR) is 71.7 cm³/mol. The number of carbonyl (C=O) groups is 1. The number of rotatable bonds is 1. The van der Waals surface area contributed by atoms with Gasteiger partial charge in [-0.25, -0.2) is 0 Å². The van der Waals surface area contributed by atoms with Crippen molar-refractivity contribution < 1.29 is 4.79 Å². The summed E-state index contributed by atoms with van der Waals surface area (Å²) in [6, 6.07) is 3.90. The Kier molecular flexibility index (Phi) is 2.63. The van der Waals surface area contributed by atoms with Crippen LogP contribution in [0, 0.1) is 0 Å². The molecule has 0 bridgehead atoms. The molecule has 1 aromatic carbocycles. The molecule has 5 nitrogen and oxygen atoms in total. The first-order chi connectivity index (χ1) is 8.68. The predicted octanol–water partition coefficient (Wildman–Crippen LogP) is 0.264. The van der Waals surface area contributed by atoms with E-state index in [0.29, 0.717) is 17.8 Å². The van der Waals surface area contributed by atoms with Crippen molar-refractivity contribution in [2.24, 2.45) is 0 Å². The number of piperazine rings is 1. The summed E-state index contributed by atoms with van der Waals surface area (Å²) in [6.07, 6.45) is 0. The highest BCUT2D eigenvalue weighted by atomic mass is 16.2. The Labute approximate surface area is 107 Å². The molecule has 1 aromatic rings. The highest BCUT2D eigenvalue weighted by Gasteiger charge is 2.30. The first-order valence-electron chi connectivity index (χ1n) is 6.31. The fraction of sp³-hybridized carbons (Fsp3) is 0.462. The fourth-order valence-electron chi connectivity index (χ4n) is 2.77. The third-order valence-corrected chi connectivity index (χ3v) is 3.73. The SMILES string of the molecule is CN1Cc2c(N3CCNCC3)ccc(N)c2C1=O. The number of nitrogens with two attached hydrogens (primary N) is 1. The molecular formula is C13H18N4O. The molecular weight excluding hydrogens is 228 g/mol. The van der Waals surface area contributed by atoms with E-state index in [1.165, 1.54) is 5.69 Å². The molecule has 96 valence electrons. The maximum atomic E-state index is 12.1. The topological polar surface area (TPSA) is 61.6 Å². The zero-order valence-corrected chi connectivity index (χ0v) is 10.6. The lowest BCUT2D eigenvalue weighted by Crippen LogP contribution is -2.43. The Bertz CT molecular complexity index is 494. The maximum Gasteiger partial charge on any atom is 0.256 e. The zero-order chi connectivity index (χ0) is 12.7. The molecule has 3 rings (SSSR count). The number of benzene rings is 1. The second-order valence-electron chi connectivity index (χ2n) is 4.93. The van der Waals surface area contributed by atoms with E-state index in [0.717, 1.165) is 31.7 Å². The van der Waals surface area contributed by atoms with E-state index in [9.17, 15) is 4.79 Å². The minimum atomic E-state index is 0.0412. The summed E-state index contributed by atoms with van der Waals surface area (Å²) in [4.78, 5) is 16.1. The van der Waals surface area contributed by atoms with E-state index in [1.807, 2.05) is 19.2 Å². The third-order valence-electron chi connectivity index (χ3n) is 3.73. The third kappa shape index (κ3) is 1.62. The molecule has 2 aliphatic rings. The molecule has 5 heteroatoms. The summed E-state index contributed by atoms with van der Waals surface area (Å²) in [7, 11) is 1.82. The molecule has 1 fully saturated rings. The average Bonchev–Trinajstić information content (AvgIpc) is 2.68. The van der Waals surface area contributed by atoms with Crippen LogP contribution in [0.3, 0.4) is 0 Å². The van der Waals surface area contributed by atoms with Crippen LogP contribution in [0.5, 0.6) is 0 Å². The number of nitrogens with one attached hydrogen (secondary N) is 1. The first kappa shape index (κ1) is 11.3. The van der Waals surface area contributed by atoms with Gasteiger partial charge in [-0.1, -0.05) is 0 Å². The second-order valence-corrected chi connectivity index (χ2v) is 4.93. The molecule has 0 atom stereocenters. The summed E-state index contributed by atoms with van der Waals surface area (Å²) >= 11 is 0. The van der Waals surface area contributed by atoms with Crippen molar-refractivity contribution >= 4 is 17.3 Å². The smallest absolute Gasteiger partial charge is 0.256 e. The van der Waals surface area contributed by atoms with Crippen LogP contribution in [0.4, 0.5) is 11.4 Å². The molecule has 0 aliphatic carbocycles. The van der Waals surface area contributed by atoms with Gasteiger partial charge >= 0.3 is 0 Å². The number of nitrogen functional groups attached to an aromatic ring is 1. The molecule has 3 N–H and O–H groups in total. The maximum absolute atomic E-state index is 12.1. The van der Waals surface area contributed by atoms with Gasteiger partial charge in [-0.05, 0) is 12.1 Å². The highest BCUT2D eigenvalue weighted by molar-refractivity contribution is 6.04. The normalized spacial score (nSPS) is 19.3. The number of anilines is 2. The number of amides is 1. The van der Waals surface area contributed by atoms with Crippen LogP contribution in [0.2, 0.25) is 0 Å². The lowest BCUT2D eigenvalue weighted by atomic mass is 10.0. The Hall–Kier alpha value is -1.75. The molecule has 1 saturated heterocycles. The lowest BCUT2D eigenvalue weighted by molar-refractivity contribution is 0.0817. The summed E-state index contributed by atoms with van der Waals surface area (Å²) in [6.45, 7) is 4.60. The fourth-order valence-corrected chi connectivity index (χ4v) is 2.77. The summed E-state index contributed by atoms with van der Waals surface area (Å²) in [5.74, 6) is 0.0412. The van der Waals surface area contributed by atoms with Gasteiger partial charge in [-0.15, -0.1) is 0 Å². The number of fused-ring (bicyclic) bond motifs is 1. The van der Waals surface area contributed by atoms with Gasteiger partial charge in [0.25, 0.3) is 5.91 Å². The molecule has 0 radical (unpaired) electrons. The van der Waals surface area contributed by atoms with Gasteiger partial charge < -0.3 is 20.9 Å². The van der Waals surface area contributed by atoms with E-state index in [2.05, 4.69) is 10.2 Å². The molecule has 2 aliphatic heterocycles. The molecule has 0 saturated carbocycles. The molecule has 2 heterocycles. The average molecular weight is 246 g/mol. The van der Waals surface area contributed by atoms with Crippen molar-refractivity contribution in [3.63, 3.8) is 0 Å². The standard InChI is InChI=1S/C13H18N4O/c1-16-8-9-11(17-6-4-15-5-7-17)3-2-10(14)12(9)13(16)18/h2-3,15H,4-8,14H2,1H3. The van der Waals surface area contributed by atoms with Crippen LogP contribution in [0.1, 0.15) is 15.9 Å². The molecule has 0 unspecified atom stereocenters. The van der Waals surface area contributed by atoms with E-state index in [1.54, 1.807) is 4.90 Å². The molecule has 18 heavy (non-hydrogen) atoms. The van der Waals surface area contributed by atoms with Gasteiger partial charge in [-0.3, -0.25) is 4.79 Å². The van der Waals surface area contributed by atoms with Crippen LogP contribution in [0.15, 0.2) is 12.1 Å². The Morgan fingerprint density at radius 1 is 1.28 bits per heavy atom. The van der Waals surface area contributed by atoms with Crippen molar-refractivity contribution in [3.8, 4) is 0 Å². The summed E-state index contributed by atoms with van der Waals surface area (Å²) in [5, 5.41) is 3.34. The van der Waals surface area contributed by atoms with Crippen molar-refractivity contribution in [1.82, 2.24) is 10.2 Å². The Balaban J connectivity index is 2.05. The van der Waals surface area contributed by atoms with Crippen molar-refractivity contribution in [3.05, 3.63) is 23.3 Å². The summed E-state index contributed by atoms with van der Waals surface area (Å²) in [5.41, 5.74) is 9.50. The lowest BCUT2D eigenvalue weighted by Gasteiger charge is -2.31. The molecule has 1 amide bonds. The Morgan fingerprint density at radius 3 is 2.72 bits per heavy atom. The van der Waals surface area contributed by atoms with Gasteiger partial charge in [-0.2, -0.15) is 0 Å². The van der Waals surface area contributed by atoms with Crippen molar-refractivity contribution in [1.29, 1.82) is 0 Å². The van der Waals surface area contributed by atoms with Crippen LogP contribution >= 0.6 is 0 Å². The van der Waals surface area contributed by atoms with Gasteiger partial charge in [0.15, 0.2) is 0 Å². The Morgan fingerprint density at radius 2 is 2.00 bits per heavy atom. The van der Waals surface area contributed by atoms with E-state index < -0.39 is 0 Å². The number of carbonyl (C=O) groups excluding carboxylic acids is 1. The van der Waals surface area contributed by atoms with Crippen LogP contribution in [-0.2, 0) is 6.54 Å². The van der Waals surface area contributed by atoms with Gasteiger partial charge in [0, 0.05) is 56.7 Å². The van der Waals surface area contributed by atoms with Gasteiger partial charge in [0.2, 0.25) is 0 Å². The van der Waals surface area contributed by atoms with E-state index >= 15 is 0 Å². The van der Waals surface area contributed by atoms with Crippen LogP contribution in [0.25, 0.3) is 0 Å². The summed E-state index contributed by atoms with van der Waals surface area (Å²) < 4.78 is 0. The largest absolute Gasteiger partial charge is 0.398 e.